The summed E-state index contributed by atoms with van der Waals surface area (Å²) >= 11 is 1.84. The van der Waals surface area contributed by atoms with Gasteiger partial charge in [-0.1, -0.05) is 36.4 Å². The summed E-state index contributed by atoms with van der Waals surface area (Å²) in [4.78, 5) is 15.3. The van der Waals surface area contributed by atoms with E-state index >= 15 is 0 Å². The van der Waals surface area contributed by atoms with Gasteiger partial charge in [-0.05, 0) is 17.0 Å². The van der Waals surface area contributed by atoms with Crippen LogP contribution < -0.4 is 5.32 Å². The first-order chi connectivity index (χ1) is 14.3. The third-order valence-corrected chi connectivity index (χ3v) is 6.11. The van der Waals surface area contributed by atoms with Crippen LogP contribution in [0.4, 0.5) is 0 Å². The molecule has 1 fully saturated rings. The number of aliphatic imine (C=N–C) groups is 1. The van der Waals surface area contributed by atoms with Gasteiger partial charge in [0.15, 0.2) is 5.96 Å². The van der Waals surface area contributed by atoms with Gasteiger partial charge in [-0.15, -0.1) is 35.3 Å². The zero-order chi connectivity index (χ0) is 19.9. The molecule has 0 radical (unpaired) electrons. The normalized spacial score (nSPS) is 15.1. The topological polar surface area (TPSA) is 48.7 Å². The molecule has 1 aromatic carbocycles. The van der Waals surface area contributed by atoms with E-state index in [4.69, 9.17) is 0 Å². The number of halogens is 1. The number of hydrogen-bond donors (Lipinski definition) is 1. The van der Waals surface area contributed by atoms with E-state index in [0.717, 1.165) is 51.1 Å². The fourth-order valence-corrected chi connectivity index (χ4v) is 4.41. The summed E-state index contributed by atoms with van der Waals surface area (Å²) in [7, 11) is 1.86. The second-order valence-corrected chi connectivity index (χ2v) is 8.23. The number of piperazine rings is 1. The lowest BCUT2D eigenvalue weighted by molar-refractivity contribution is 0.173. The molecule has 0 saturated carbocycles. The van der Waals surface area contributed by atoms with Crippen molar-refractivity contribution in [3.63, 3.8) is 0 Å². The second kappa shape index (κ2) is 11.5. The Hall–Kier alpha value is -1.91. The Kier molecular flexibility index (Phi) is 8.71. The van der Waals surface area contributed by atoms with Gasteiger partial charge in [0.25, 0.3) is 0 Å². The summed E-state index contributed by atoms with van der Waals surface area (Å²) in [6.45, 7) is 6.64. The lowest BCUT2D eigenvalue weighted by atomic mass is 10.2. The van der Waals surface area contributed by atoms with Crippen molar-refractivity contribution in [3.05, 3.63) is 76.5 Å². The van der Waals surface area contributed by atoms with E-state index in [1.54, 1.807) is 0 Å². The van der Waals surface area contributed by atoms with E-state index in [9.17, 15) is 0 Å². The highest BCUT2D eigenvalue weighted by atomic mass is 127. The van der Waals surface area contributed by atoms with Crippen LogP contribution in [0.1, 0.15) is 16.3 Å². The van der Waals surface area contributed by atoms with Gasteiger partial charge in [-0.3, -0.25) is 9.89 Å². The minimum Gasteiger partial charge on any atom is -0.349 e. The minimum atomic E-state index is 0. The molecule has 4 rings (SSSR count). The summed E-state index contributed by atoms with van der Waals surface area (Å²) in [6.07, 6.45) is 3.90. The number of imidazole rings is 1. The van der Waals surface area contributed by atoms with Crippen molar-refractivity contribution in [2.45, 2.75) is 19.6 Å². The Morgan fingerprint density at radius 1 is 1.07 bits per heavy atom. The standard InChI is InChI=1S/C22H28N6S.HI/c1-23-22(27-13-11-26(12-14-27)18-20-8-5-15-29-20)25-16-21-24-9-10-28(21)17-19-6-3-2-4-7-19;/h2-10,15H,11-14,16-18H2,1H3,(H,23,25);1H. The van der Waals surface area contributed by atoms with Gasteiger partial charge in [0.1, 0.15) is 5.82 Å². The smallest absolute Gasteiger partial charge is 0.194 e. The van der Waals surface area contributed by atoms with Crippen molar-refractivity contribution in [2.24, 2.45) is 4.99 Å². The van der Waals surface area contributed by atoms with Crippen molar-refractivity contribution in [1.82, 2.24) is 24.7 Å². The summed E-state index contributed by atoms with van der Waals surface area (Å²) in [5.41, 5.74) is 1.28. The van der Waals surface area contributed by atoms with E-state index < -0.39 is 0 Å². The Balaban J connectivity index is 0.00000256. The lowest BCUT2D eigenvalue weighted by Gasteiger charge is -2.36. The van der Waals surface area contributed by atoms with Crippen LogP contribution >= 0.6 is 35.3 Å². The molecule has 8 heteroatoms. The highest BCUT2D eigenvalue weighted by Gasteiger charge is 2.20. The van der Waals surface area contributed by atoms with Crippen LogP contribution in [-0.4, -0.2) is 58.5 Å². The van der Waals surface area contributed by atoms with E-state index in [-0.39, 0.29) is 24.0 Å². The Morgan fingerprint density at radius 3 is 2.57 bits per heavy atom. The number of benzene rings is 1. The molecular formula is C22H29IN6S. The molecule has 0 bridgehead atoms. The monoisotopic (exact) mass is 536 g/mol. The van der Waals surface area contributed by atoms with Crippen LogP contribution in [0.2, 0.25) is 0 Å². The summed E-state index contributed by atoms with van der Waals surface area (Å²) in [6, 6.07) is 14.8. The third-order valence-electron chi connectivity index (χ3n) is 5.25. The van der Waals surface area contributed by atoms with Crippen LogP contribution in [0.15, 0.2) is 65.2 Å². The lowest BCUT2D eigenvalue weighted by Crippen LogP contribution is -2.52. The number of nitrogens with zero attached hydrogens (tertiary/aromatic N) is 5. The maximum absolute atomic E-state index is 4.54. The highest BCUT2D eigenvalue weighted by Crippen LogP contribution is 2.13. The van der Waals surface area contributed by atoms with Gasteiger partial charge in [0.05, 0.1) is 6.54 Å². The Labute approximate surface area is 199 Å². The minimum absolute atomic E-state index is 0. The predicted octanol–water partition coefficient (Wildman–Crippen LogP) is 3.50. The van der Waals surface area contributed by atoms with Gasteiger partial charge in [-0.25, -0.2) is 4.98 Å². The van der Waals surface area contributed by atoms with Gasteiger partial charge < -0.3 is 14.8 Å². The van der Waals surface area contributed by atoms with Crippen LogP contribution in [0.25, 0.3) is 0 Å². The molecule has 3 heterocycles. The third kappa shape index (κ3) is 6.05. The maximum atomic E-state index is 4.54. The molecule has 6 nitrogen and oxygen atoms in total. The van der Waals surface area contributed by atoms with Crippen molar-refractivity contribution in [2.75, 3.05) is 33.2 Å². The van der Waals surface area contributed by atoms with Crippen molar-refractivity contribution in [1.29, 1.82) is 0 Å². The summed E-state index contributed by atoms with van der Waals surface area (Å²) in [5.74, 6) is 1.97. The molecule has 0 atom stereocenters. The largest absolute Gasteiger partial charge is 0.349 e. The number of rotatable bonds is 6. The van der Waals surface area contributed by atoms with Gasteiger partial charge >= 0.3 is 0 Å². The molecule has 30 heavy (non-hydrogen) atoms. The van der Waals surface area contributed by atoms with Gasteiger partial charge in [0, 0.05) is 63.6 Å². The van der Waals surface area contributed by atoms with Crippen LogP contribution in [0, 0.1) is 0 Å². The van der Waals surface area contributed by atoms with E-state index in [2.05, 4.69) is 71.4 Å². The Bertz CT molecular complexity index is 901. The molecular weight excluding hydrogens is 507 g/mol. The van der Waals surface area contributed by atoms with Crippen LogP contribution in [0.3, 0.4) is 0 Å². The predicted molar refractivity (Wildman–Crippen MR) is 135 cm³/mol. The number of hydrogen-bond acceptors (Lipinski definition) is 4. The number of nitrogens with one attached hydrogen (secondary N) is 1. The van der Waals surface area contributed by atoms with E-state index in [1.807, 2.05) is 36.8 Å². The van der Waals surface area contributed by atoms with Crippen LogP contribution in [-0.2, 0) is 19.6 Å². The summed E-state index contributed by atoms with van der Waals surface area (Å²) < 4.78 is 2.19. The molecule has 0 aliphatic carbocycles. The SMILES string of the molecule is CN=C(NCc1nccn1Cc1ccccc1)N1CCN(Cc2cccs2)CC1.I. The van der Waals surface area contributed by atoms with Crippen molar-refractivity contribution in [3.8, 4) is 0 Å². The zero-order valence-corrected chi connectivity index (χ0v) is 20.4. The first-order valence-electron chi connectivity index (χ1n) is 10.1. The quantitative estimate of drug-likeness (QED) is 0.298. The molecule has 160 valence electrons. The molecule has 1 N–H and O–H groups in total. The molecule has 0 unspecified atom stereocenters. The molecule has 2 aromatic heterocycles. The average molecular weight is 536 g/mol. The van der Waals surface area contributed by atoms with Crippen molar-refractivity contribution >= 4 is 41.3 Å². The number of thiophene rings is 1. The molecule has 1 saturated heterocycles. The maximum Gasteiger partial charge on any atom is 0.194 e. The van der Waals surface area contributed by atoms with Crippen LogP contribution in [0.5, 0.6) is 0 Å². The number of guanidine groups is 1. The van der Waals surface area contributed by atoms with Crippen molar-refractivity contribution < 1.29 is 0 Å². The zero-order valence-electron chi connectivity index (χ0n) is 17.3. The second-order valence-electron chi connectivity index (χ2n) is 7.20. The average Bonchev–Trinajstić information content (AvgIpc) is 3.43. The van der Waals surface area contributed by atoms with E-state index in [1.165, 1.54) is 10.4 Å². The fraction of sp³-hybridized carbons (Fsp3) is 0.364. The highest BCUT2D eigenvalue weighted by molar-refractivity contribution is 14.0. The first-order valence-corrected chi connectivity index (χ1v) is 10.9. The molecule has 1 aliphatic rings. The van der Waals surface area contributed by atoms with E-state index in [0.29, 0.717) is 6.54 Å². The molecule has 0 spiro atoms. The fourth-order valence-electron chi connectivity index (χ4n) is 3.66. The number of aromatic nitrogens is 2. The molecule has 3 aromatic rings. The summed E-state index contributed by atoms with van der Waals surface area (Å²) in [5, 5.41) is 5.66. The van der Waals surface area contributed by atoms with Gasteiger partial charge in [0.2, 0.25) is 0 Å². The Morgan fingerprint density at radius 2 is 1.87 bits per heavy atom. The van der Waals surface area contributed by atoms with Gasteiger partial charge in [-0.2, -0.15) is 0 Å². The molecule has 1 aliphatic heterocycles. The molecule has 0 amide bonds. The first kappa shape index (κ1) is 22.8.